The normalized spacial score (nSPS) is 14.2. The van der Waals surface area contributed by atoms with E-state index < -0.39 is 10.8 Å². The number of anilines is 6. The second-order valence-corrected chi connectivity index (χ2v) is 49.8. The van der Waals surface area contributed by atoms with E-state index in [0.29, 0.717) is 0 Å². The monoisotopic (exact) mass is 1800 g/mol. The maximum atomic E-state index is 2.83. The van der Waals surface area contributed by atoms with Crippen LogP contribution < -0.4 is 26.2 Å². The van der Waals surface area contributed by atoms with Gasteiger partial charge in [-0.25, -0.2) is 0 Å². The van der Waals surface area contributed by atoms with E-state index in [-0.39, 0.29) is 50.0 Å². The Bertz CT molecular complexity index is 7780. The van der Waals surface area contributed by atoms with Crippen LogP contribution in [0.15, 0.2) is 315 Å². The van der Waals surface area contributed by atoms with Gasteiger partial charge in [-0.2, -0.15) is 0 Å². The minimum absolute atomic E-state index is 0.0919. The summed E-state index contributed by atoms with van der Waals surface area (Å²) in [6.07, 6.45) is 0. The first-order chi connectivity index (χ1) is 65.1. The van der Waals surface area contributed by atoms with Crippen LogP contribution in [-0.2, 0) is 54.1 Å². The van der Waals surface area contributed by atoms with Crippen LogP contribution in [0.25, 0.3) is 122 Å². The zero-order chi connectivity index (χ0) is 97.1. The molecule has 0 bridgehead atoms. The molecule has 688 valence electrons. The molecular weight excluding hydrogens is 1660 g/mol. The molecule has 2 aliphatic carbocycles. The van der Waals surface area contributed by atoms with Crippen LogP contribution >= 0.6 is 0 Å². The number of hydrogen-bond donors (Lipinski definition) is 0. The lowest BCUT2D eigenvalue weighted by atomic mass is 9.33. The van der Waals surface area contributed by atoms with Gasteiger partial charge < -0.3 is 18.9 Å². The maximum Gasteiger partial charge on any atom is 0.252 e. The molecule has 4 nitrogen and oxygen atoms in total. The lowest BCUT2D eigenvalue weighted by Gasteiger charge is -2.47. The minimum atomic E-state index is -0.603. The summed E-state index contributed by atoms with van der Waals surface area (Å²) in [6.45, 7) is 63.7. The highest BCUT2D eigenvalue weighted by Crippen LogP contribution is 2.66. The standard InChI is InChI=1S/C133H133BN4/c1-124(2,3)84-52-44-80(45-53-84)100-72-90(130(19,20)21)73-101(81-46-54-85(55-47-81)125(4,5)6)122(100)137-115-78-93(135-112-67-60-88(128(13,14)15)70-104(112)105-71-89(129(16,17)18)61-68-113(105)135)62-65-109(115)134-110-66-63-94(136-111-43-35-31-39-99(111)119-114(136)69-64-98-97-38-30-34-42-108(97)133(120(98)119)106-40-32-28-36-95(106)96-37-29-33-41-107(96)133)79-116(110)138(118-77-92(132(25,26)27)76-117(137)121(118)134)123-102(82-48-56-86(57-49-82)126(7,8)9)74-91(131(22,23)24)75-103(123)83-50-58-87(59-51-83)127(10,11)12/h28-79H,1-27H3. The van der Waals surface area contributed by atoms with Crippen molar-refractivity contribution in [3.63, 3.8) is 0 Å². The third kappa shape index (κ3) is 14.2. The van der Waals surface area contributed by atoms with Gasteiger partial charge in [-0.3, -0.25) is 0 Å². The van der Waals surface area contributed by atoms with Crippen molar-refractivity contribution in [1.29, 1.82) is 0 Å². The van der Waals surface area contributed by atoms with E-state index in [2.05, 4.69) is 521 Å². The van der Waals surface area contributed by atoms with Gasteiger partial charge in [0.15, 0.2) is 0 Å². The van der Waals surface area contributed by atoms with Crippen LogP contribution in [0.1, 0.15) is 259 Å². The molecule has 2 aromatic heterocycles. The summed E-state index contributed by atoms with van der Waals surface area (Å²) in [7, 11) is 0. The molecule has 0 fully saturated rings. The van der Waals surface area contributed by atoms with E-state index in [1.165, 1.54) is 182 Å². The molecule has 1 spiro atoms. The summed E-state index contributed by atoms with van der Waals surface area (Å²) in [4.78, 5) is 5.65. The Balaban J connectivity index is 0.923. The van der Waals surface area contributed by atoms with Crippen molar-refractivity contribution >= 4 is 101 Å². The summed E-state index contributed by atoms with van der Waals surface area (Å²) in [5.41, 5.74) is 46.8. The van der Waals surface area contributed by atoms with Crippen molar-refractivity contribution in [1.82, 2.24) is 9.13 Å². The predicted molar refractivity (Wildman–Crippen MR) is 595 cm³/mol. The van der Waals surface area contributed by atoms with E-state index in [0.717, 1.165) is 62.1 Å². The quantitative estimate of drug-likeness (QED) is 0.141. The third-order valence-electron chi connectivity index (χ3n) is 31.4. The number of benzene rings is 16. The predicted octanol–water partition coefficient (Wildman–Crippen LogP) is 34.7. The molecule has 4 aliphatic rings. The Labute approximate surface area is 821 Å². The molecule has 138 heavy (non-hydrogen) atoms. The molecule has 0 amide bonds. The van der Waals surface area contributed by atoms with E-state index in [1.54, 1.807) is 0 Å². The highest BCUT2D eigenvalue weighted by molar-refractivity contribution is 7.00. The Morgan fingerprint density at radius 1 is 0.210 bits per heavy atom. The fourth-order valence-corrected chi connectivity index (χ4v) is 23.4. The van der Waals surface area contributed by atoms with Crippen molar-refractivity contribution in [2.24, 2.45) is 0 Å². The molecule has 0 saturated heterocycles. The van der Waals surface area contributed by atoms with Gasteiger partial charge in [-0.05, 0) is 279 Å². The van der Waals surface area contributed by atoms with Gasteiger partial charge in [0.25, 0.3) is 6.71 Å². The highest BCUT2D eigenvalue weighted by Gasteiger charge is 2.54. The van der Waals surface area contributed by atoms with Crippen molar-refractivity contribution in [3.8, 4) is 78.1 Å². The number of fused-ring (bicyclic) bond motifs is 21. The molecular formula is C133H133BN4. The van der Waals surface area contributed by atoms with Gasteiger partial charge in [-0.15, -0.1) is 0 Å². The van der Waals surface area contributed by atoms with E-state index in [1.807, 2.05) is 0 Å². The zero-order valence-electron chi connectivity index (χ0n) is 86.4. The lowest BCUT2D eigenvalue weighted by molar-refractivity contribution is 0.589. The number of aromatic nitrogens is 2. The number of hydrogen-bond acceptors (Lipinski definition) is 2. The molecule has 2 aliphatic heterocycles. The first-order valence-electron chi connectivity index (χ1n) is 50.5. The lowest BCUT2D eigenvalue weighted by Crippen LogP contribution is -2.61. The minimum Gasteiger partial charge on any atom is -0.310 e. The summed E-state index contributed by atoms with van der Waals surface area (Å²) in [5.74, 6) is 0. The highest BCUT2D eigenvalue weighted by atomic mass is 15.2. The van der Waals surface area contributed by atoms with Gasteiger partial charge in [-0.1, -0.05) is 405 Å². The first-order valence-corrected chi connectivity index (χ1v) is 50.5. The maximum absolute atomic E-state index is 2.83. The SMILES string of the molecule is CC(C)(C)c1ccc(-c2cc(C(C)(C)C)cc(-c3ccc(C(C)(C)C)cc3)c2N2c3cc(-n4c5ccc(C(C)(C)C)cc5c5cc(C(C)(C)C)ccc54)ccc3B3c4ccc(-n5c6ccccc6c6c7c(ccc65)-c5ccccc5C75c6ccccc6-c6ccccc65)cc4N(c4c(-c5ccc(C(C)(C)C)cc5)cc(C(C)(C)C)cc4-c4ccc(C(C)(C)C)cc4)c4cc(C(C)(C)C)cc2c43)cc1. The van der Waals surface area contributed by atoms with Crippen molar-refractivity contribution in [3.05, 3.63) is 388 Å². The summed E-state index contributed by atoms with van der Waals surface area (Å²) in [6, 6.07) is 127. The van der Waals surface area contributed by atoms with Crippen LogP contribution in [0.2, 0.25) is 0 Å². The Kier molecular flexibility index (Phi) is 20.1. The summed E-state index contributed by atoms with van der Waals surface area (Å²) >= 11 is 0. The third-order valence-corrected chi connectivity index (χ3v) is 31.4. The van der Waals surface area contributed by atoms with Gasteiger partial charge >= 0.3 is 0 Å². The van der Waals surface area contributed by atoms with Crippen LogP contribution in [0.4, 0.5) is 34.1 Å². The topological polar surface area (TPSA) is 16.3 Å². The molecule has 22 rings (SSSR count). The van der Waals surface area contributed by atoms with Crippen LogP contribution in [0.3, 0.4) is 0 Å². The average molecular weight is 1800 g/mol. The number of nitrogens with zero attached hydrogens (tertiary/aromatic N) is 4. The molecule has 0 radical (unpaired) electrons. The van der Waals surface area contributed by atoms with Crippen LogP contribution in [-0.4, -0.2) is 15.8 Å². The molecule has 18 aromatic rings. The van der Waals surface area contributed by atoms with Gasteiger partial charge in [0.1, 0.15) is 0 Å². The van der Waals surface area contributed by atoms with E-state index in [4.69, 9.17) is 0 Å². The molecule has 0 N–H and O–H groups in total. The summed E-state index contributed by atoms with van der Waals surface area (Å²) in [5, 5.41) is 5.03. The van der Waals surface area contributed by atoms with Crippen molar-refractivity contribution < 1.29 is 0 Å². The average Bonchev–Trinajstić information content (AvgIpc) is 1.50. The van der Waals surface area contributed by atoms with Gasteiger partial charge in [0.05, 0.1) is 38.9 Å². The van der Waals surface area contributed by atoms with Crippen molar-refractivity contribution in [2.75, 3.05) is 9.80 Å². The van der Waals surface area contributed by atoms with Crippen molar-refractivity contribution in [2.45, 2.75) is 241 Å². The van der Waals surface area contributed by atoms with E-state index in [9.17, 15) is 0 Å². The fourth-order valence-electron chi connectivity index (χ4n) is 23.4. The van der Waals surface area contributed by atoms with Crippen LogP contribution in [0.5, 0.6) is 0 Å². The Morgan fingerprint density at radius 2 is 0.500 bits per heavy atom. The second-order valence-electron chi connectivity index (χ2n) is 49.8. The molecule has 4 heterocycles. The second kappa shape index (κ2) is 30.9. The Hall–Kier alpha value is -13.2. The number of para-hydroxylation sites is 1. The fraction of sp³-hybridized carbons (Fsp3) is 0.278. The molecule has 0 saturated carbocycles. The molecule has 16 aromatic carbocycles. The van der Waals surface area contributed by atoms with E-state index >= 15 is 0 Å². The van der Waals surface area contributed by atoms with Gasteiger partial charge in [0, 0.05) is 77.9 Å². The first kappa shape index (κ1) is 90.0. The zero-order valence-corrected chi connectivity index (χ0v) is 86.4. The molecule has 5 heteroatoms. The van der Waals surface area contributed by atoms with Gasteiger partial charge in [0.2, 0.25) is 0 Å². The molecule has 0 atom stereocenters. The van der Waals surface area contributed by atoms with Crippen LogP contribution in [0, 0.1) is 0 Å². The molecule has 0 unspecified atom stereocenters. The Morgan fingerprint density at radius 3 is 0.848 bits per heavy atom. The largest absolute Gasteiger partial charge is 0.310 e. The smallest absolute Gasteiger partial charge is 0.252 e. The number of rotatable bonds is 8. The summed E-state index contributed by atoms with van der Waals surface area (Å²) < 4.78 is 5.26.